The van der Waals surface area contributed by atoms with Crippen molar-refractivity contribution in [1.29, 1.82) is 0 Å². The number of para-hydroxylation sites is 1. The SMILES string of the molecule is O=S(=O)([O-])c1ccccc1[O-].[Zn+2]. The van der Waals surface area contributed by atoms with E-state index in [0.29, 0.717) is 0 Å². The molecule has 0 atom stereocenters. The predicted molar refractivity (Wildman–Crippen MR) is 33.9 cm³/mol. The Balaban J connectivity index is 0.00000121. The zero-order valence-electron chi connectivity index (χ0n) is 6.06. The zero-order chi connectivity index (χ0) is 8.48. The smallest absolute Gasteiger partial charge is 0.872 e. The molecule has 0 saturated heterocycles. The van der Waals surface area contributed by atoms with E-state index >= 15 is 0 Å². The minimum atomic E-state index is -4.60. The van der Waals surface area contributed by atoms with E-state index < -0.39 is 20.8 Å². The van der Waals surface area contributed by atoms with Crippen LogP contribution >= 0.6 is 0 Å². The number of hydrogen-bond donors (Lipinski definition) is 0. The maximum Gasteiger partial charge on any atom is 2.00 e. The summed E-state index contributed by atoms with van der Waals surface area (Å²) in [6, 6.07) is 4.72. The van der Waals surface area contributed by atoms with Crippen molar-refractivity contribution in [2.24, 2.45) is 0 Å². The second-order valence-corrected chi connectivity index (χ2v) is 3.25. The Morgan fingerprint density at radius 1 is 1.17 bits per heavy atom. The summed E-state index contributed by atoms with van der Waals surface area (Å²) in [6.07, 6.45) is 0. The molecule has 0 radical (unpaired) electrons. The van der Waals surface area contributed by atoms with Crippen LogP contribution in [0, 0.1) is 0 Å². The van der Waals surface area contributed by atoms with E-state index in [9.17, 15) is 18.1 Å². The number of rotatable bonds is 1. The average Bonchev–Trinajstić information content (AvgIpc) is 1.86. The largest absolute Gasteiger partial charge is 2.00 e. The molecule has 6 heteroatoms. The summed E-state index contributed by atoms with van der Waals surface area (Å²) < 4.78 is 30.9. The molecule has 0 aromatic heterocycles. The van der Waals surface area contributed by atoms with Crippen LogP contribution in [0.2, 0.25) is 0 Å². The van der Waals surface area contributed by atoms with Crippen molar-refractivity contribution in [3.63, 3.8) is 0 Å². The molecule has 0 bridgehead atoms. The van der Waals surface area contributed by atoms with Gasteiger partial charge in [-0.1, -0.05) is 23.9 Å². The topological polar surface area (TPSA) is 80.3 Å². The average molecular weight is 238 g/mol. The van der Waals surface area contributed by atoms with Gasteiger partial charge in [-0.2, -0.15) is 0 Å². The molecule has 4 nitrogen and oxygen atoms in total. The predicted octanol–water partition coefficient (Wildman–Crippen LogP) is -0.338. The van der Waals surface area contributed by atoms with E-state index in [-0.39, 0.29) is 19.5 Å². The molecule has 0 spiro atoms. The monoisotopic (exact) mass is 236 g/mol. The second-order valence-electron chi connectivity index (χ2n) is 1.90. The van der Waals surface area contributed by atoms with Gasteiger partial charge in [0.1, 0.15) is 10.1 Å². The molecule has 0 aliphatic rings. The van der Waals surface area contributed by atoms with Gasteiger partial charge in [-0.3, -0.25) is 0 Å². The molecule has 0 N–H and O–H groups in total. The molecule has 1 aromatic carbocycles. The third-order valence-electron chi connectivity index (χ3n) is 1.12. The molecule has 0 amide bonds. The van der Waals surface area contributed by atoms with E-state index in [0.717, 1.165) is 12.1 Å². The molecule has 0 heterocycles. The first-order chi connectivity index (χ1) is 5.02. The van der Waals surface area contributed by atoms with E-state index in [1.807, 2.05) is 0 Å². The van der Waals surface area contributed by atoms with Crippen LogP contribution in [0.5, 0.6) is 5.75 Å². The van der Waals surface area contributed by atoms with Gasteiger partial charge < -0.3 is 9.66 Å². The second kappa shape index (κ2) is 3.98. The molecule has 0 aliphatic carbocycles. The fraction of sp³-hybridized carbons (Fsp3) is 0. The van der Waals surface area contributed by atoms with E-state index in [4.69, 9.17) is 0 Å². The Bertz CT molecular complexity index is 360. The van der Waals surface area contributed by atoms with Crippen molar-refractivity contribution < 1.29 is 37.6 Å². The quantitative estimate of drug-likeness (QED) is 0.494. The van der Waals surface area contributed by atoms with Crippen LogP contribution in [0.3, 0.4) is 0 Å². The zero-order valence-corrected chi connectivity index (χ0v) is 9.84. The normalized spacial score (nSPS) is 10.4. The summed E-state index contributed by atoms with van der Waals surface area (Å²) in [6.45, 7) is 0. The van der Waals surface area contributed by atoms with Gasteiger partial charge >= 0.3 is 19.5 Å². The summed E-state index contributed by atoms with van der Waals surface area (Å²) in [5.41, 5.74) is 0. The Hall–Kier alpha value is -0.447. The Morgan fingerprint density at radius 3 is 2.00 bits per heavy atom. The molecule has 0 unspecified atom stereocenters. The van der Waals surface area contributed by atoms with Gasteiger partial charge in [0.05, 0.1) is 0 Å². The van der Waals surface area contributed by atoms with Crippen molar-refractivity contribution in [1.82, 2.24) is 0 Å². The van der Waals surface area contributed by atoms with Crippen molar-refractivity contribution in [3.05, 3.63) is 24.3 Å². The summed E-state index contributed by atoms with van der Waals surface area (Å²) in [4.78, 5) is -0.694. The molecule has 0 saturated carbocycles. The van der Waals surface area contributed by atoms with Crippen LogP contribution in [0.4, 0.5) is 0 Å². The van der Waals surface area contributed by atoms with Gasteiger partial charge in [0, 0.05) is 4.90 Å². The fourth-order valence-electron chi connectivity index (χ4n) is 0.657. The van der Waals surface area contributed by atoms with Crippen LogP contribution in [0.15, 0.2) is 29.2 Å². The summed E-state index contributed by atoms with van der Waals surface area (Å²) >= 11 is 0. The van der Waals surface area contributed by atoms with E-state index in [1.165, 1.54) is 12.1 Å². The maximum atomic E-state index is 10.7. The molecule has 1 rings (SSSR count). The molecular weight excluding hydrogens is 234 g/mol. The van der Waals surface area contributed by atoms with Crippen LogP contribution in [-0.4, -0.2) is 13.0 Å². The Kier molecular flexibility index (Phi) is 3.83. The molecule has 60 valence electrons. The van der Waals surface area contributed by atoms with Crippen molar-refractivity contribution >= 4 is 10.1 Å². The first kappa shape index (κ1) is 11.6. The third kappa shape index (κ3) is 2.55. The van der Waals surface area contributed by atoms with Crippen molar-refractivity contribution in [3.8, 4) is 5.75 Å². The molecular formula is C6H4O4SZn. The van der Waals surface area contributed by atoms with Crippen LogP contribution in [0.1, 0.15) is 0 Å². The first-order valence-corrected chi connectivity index (χ1v) is 4.14. The number of hydrogen-bond acceptors (Lipinski definition) is 4. The molecule has 0 fully saturated rings. The number of benzene rings is 1. The van der Waals surface area contributed by atoms with E-state index in [2.05, 4.69) is 0 Å². The van der Waals surface area contributed by atoms with Crippen LogP contribution in [0.25, 0.3) is 0 Å². The third-order valence-corrected chi connectivity index (χ3v) is 1.99. The standard InChI is InChI=1S/C6H6O4S.Zn/c7-5-3-1-2-4-6(5)11(8,9)10;/h1-4,7H,(H,8,9,10);/q;+2/p-2. The summed E-state index contributed by atoms with van der Waals surface area (Å²) in [7, 11) is -4.60. The maximum absolute atomic E-state index is 10.7. The minimum Gasteiger partial charge on any atom is -0.872 e. The van der Waals surface area contributed by atoms with E-state index in [1.54, 1.807) is 0 Å². The minimum absolute atomic E-state index is 0. The van der Waals surface area contributed by atoms with Gasteiger partial charge in [-0.15, -0.1) is 0 Å². The van der Waals surface area contributed by atoms with Crippen molar-refractivity contribution in [2.45, 2.75) is 4.90 Å². The van der Waals surface area contributed by atoms with Gasteiger partial charge in [0.25, 0.3) is 0 Å². The Morgan fingerprint density at radius 2 is 1.67 bits per heavy atom. The molecule has 0 aliphatic heterocycles. The summed E-state index contributed by atoms with van der Waals surface area (Å²) in [5, 5.41) is 10.7. The van der Waals surface area contributed by atoms with Gasteiger partial charge in [0.15, 0.2) is 0 Å². The Labute approximate surface area is 82.7 Å². The van der Waals surface area contributed by atoms with Crippen LogP contribution in [-0.2, 0) is 29.6 Å². The summed E-state index contributed by atoms with van der Waals surface area (Å²) in [5.74, 6) is -0.762. The fourth-order valence-corrected chi connectivity index (χ4v) is 1.22. The van der Waals surface area contributed by atoms with Gasteiger partial charge in [-0.05, 0) is 6.07 Å². The first-order valence-electron chi connectivity index (χ1n) is 2.74. The van der Waals surface area contributed by atoms with Gasteiger partial charge in [-0.25, -0.2) is 8.42 Å². The molecule has 12 heavy (non-hydrogen) atoms. The van der Waals surface area contributed by atoms with Crippen molar-refractivity contribution in [2.75, 3.05) is 0 Å². The van der Waals surface area contributed by atoms with Crippen LogP contribution < -0.4 is 5.11 Å². The molecule has 1 aromatic rings. The van der Waals surface area contributed by atoms with Gasteiger partial charge in [0.2, 0.25) is 0 Å².